The smallest absolute Gasteiger partial charge is 0.101 e. The van der Waals surface area contributed by atoms with Gasteiger partial charge in [0.15, 0.2) is 0 Å². The first-order chi connectivity index (χ1) is 7.85. The molecule has 2 rings (SSSR count). The normalized spacial score (nSPS) is 9.12. The standard InChI is InChI=1S/C13H6N3/c14-8-12-2-1-11(7-13(12)9-15)10-3-5-16-6-4-10/h1-5,7H. The molecule has 0 saturated carbocycles. The molecule has 0 bridgehead atoms. The first kappa shape index (κ1) is 9.89. The van der Waals surface area contributed by atoms with Gasteiger partial charge in [0.2, 0.25) is 0 Å². The van der Waals surface area contributed by atoms with Crippen LogP contribution in [0.1, 0.15) is 11.1 Å². The fourth-order valence-electron chi connectivity index (χ4n) is 1.41. The molecule has 2 aromatic rings. The molecule has 0 amide bonds. The molecule has 0 atom stereocenters. The van der Waals surface area contributed by atoms with Crippen molar-refractivity contribution in [2.75, 3.05) is 0 Å². The third-order valence-electron chi connectivity index (χ3n) is 2.22. The molecule has 0 aliphatic rings. The van der Waals surface area contributed by atoms with Crippen molar-refractivity contribution in [3.8, 4) is 23.3 Å². The van der Waals surface area contributed by atoms with Gasteiger partial charge in [-0.3, -0.25) is 4.98 Å². The topological polar surface area (TPSA) is 60.5 Å². The molecule has 1 radical (unpaired) electrons. The summed E-state index contributed by atoms with van der Waals surface area (Å²) in [4.78, 5) is 3.80. The summed E-state index contributed by atoms with van der Waals surface area (Å²) < 4.78 is 0. The van der Waals surface area contributed by atoms with Crippen molar-refractivity contribution >= 4 is 0 Å². The molecular weight excluding hydrogens is 198 g/mol. The number of hydrogen-bond donors (Lipinski definition) is 0. The highest BCUT2D eigenvalue weighted by molar-refractivity contribution is 5.66. The van der Waals surface area contributed by atoms with Crippen molar-refractivity contribution in [2.45, 2.75) is 0 Å². The summed E-state index contributed by atoms with van der Waals surface area (Å²) in [5.74, 6) is 0. The third kappa shape index (κ3) is 1.75. The molecular formula is C13H6N3. The molecule has 0 fully saturated rings. The summed E-state index contributed by atoms with van der Waals surface area (Å²) >= 11 is 0. The highest BCUT2D eigenvalue weighted by Gasteiger charge is 2.04. The van der Waals surface area contributed by atoms with E-state index in [1.165, 1.54) is 0 Å². The van der Waals surface area contributed by atoms with E-state index in [0.717, 1.165) is 11.1 Å². The highest BCUT2D eigenvalue weighted by atomic mass is 14.6. The maximum absolute atomic E-state index is 8.90. The average molecular weight is 204 g/mol. The van der Waals surface area contributed by atoms with Crippen LogP contribution in [0.3, 0.4) is 0 Å². The van der Waals surface area contributed by atoms with Gasteiger partial charge in [-0.2, -0.15) is 10.5 Å². The fourth-order valence-corrected chi connectivity index (χ4v) is 1.41. The Hall–Kier alpha value is -2.65. The Morgan fingerprint density at radius 3 is 2.44 bits per heavy atom. The van der Waals surface area contributed by atoms with Crippen LogP contribution in [0.2, 0.25) is 0 Å². The van der Waals surface area contributed by atoms with E-state index in [4.69, 9.17) is 10.5 Å². The Morgan fingerprint density at radius 2 is 1.81 bits per heavy atom. The SMILES string of the molecule is N#Cc1ccc(-c2c[c]ncc2)cc1C#N. The van der Waals surface area contributed by atoms with E-state index in [2.05, 4.69) is 11.2 Å². The summed E-state index contributed by atoms with van der Waals surface area (Å²) in [7, 11) is 0. The lowest BCUT2D eigenvalue weighted by Crippen LogP contribution is -1.86. The van der Waals surface area contributed by atoms with E-state index in [9.17, 15) is 0 Å². The molecule has 16 heavy (non-hydrogen) atoms. The third-order valence-corrected chi connectivity index (χ3v) is 2.22. The molecule has 0 saturated heterocycles. The van der Waals surface area contributed by atoms with Gasteiger partial charge < -0.3 is 0 Å². The van der Waals surface area contributed by atoms with Gasteiger partial charge in [0.25, 0.3) is 0 Å². The van der Waals surface area contributed by atoms with E-state index >= 15 is 0 Å². The van der Waals surface area contributed by atoms with E-state index in [0.29, 0.717) is 11.1 Å². The molecule has 3 nitrogen and oxygen atoms in total. The van der Waals surface area contributed by atoms with Crippen molar-refractivity contribution in [1.82, 2.24) is 4.98 Å². The average Bonchev–Trinajstić information content (AvgIpc) is 2.39. The lowest BCUT2D eigenvalue weighted by Gasteiger charge is -2.01. The van der Waals surface area contributed by atoms with Crippen LogP contribution in [0.5, 0.6) is 0 Å². The molecule has 1 aromatic carbocycles. The van der Waals surface area contributed by atoms with Crippen LogP contribution >= 0.6 is 0 Å². The van der Waals surface area contributed by atoms with Gasteiger partial charge in [0, 0.05) is 6.20 Å². The molecule has 0 aliphatic heterocycles. The molecule has 1 heterocycles. The van der Waals surface area contributed by atoms with Gasteiger partial charge >= 0.3 is 0 Å². The zero-order chi connectivity index (χ0) is 11.4. The monoisotopic (exact) mass is 204 g/mol. The predicted molar refractivity (Wildman–Crippen MR) is 57.9 cm³/mol. The Bertz CT molecular complexity index is 589. The predicted octanol–water partition coefficient (Wildman–Crippen LogP) is 2.29. The van der Waals surface area contributed by atoms with Gasteiger partial charge in [0.1, 0.15) is 12.1 Å². The number of hydrogen-bond acceptors (Lipinski definition) is 3. The van der Waals surface area contributed by atoms with Crippen LogP contribution in [0.4, 0.5) is 0 Å². The maximum atomic E-state index is 8.90. The first-order valence-electron chi connectivity index (χ1n) is 4.62. The van der Waals surface area contributed by atoms with E-state index in [-0.39, 0.29) is 0 Å². The van der Waals surface area contributed by atoms with Crippen molar-refractivity contribution in [2.24, 2.45) is 0 Å². The summed E-state index contributed by atoms with van der Waals surface area (Å²) in [5, 5.41) is 17.7. The van der Waals surface area contributed by atoms with E-state index < -0.39 is 0 Å². The quantitative estimate of drug-likeness (QED) is 0.716. The summed E-state index contributed by atoms with van der Waals surface area (Å²) in [5.41, 5.74) is 2.59. The Balaban J connectivity index is 2.55. The van der Waals surface area contributed by atoms with Gasteiger partial charge in [-0.15, -0.1) is 0 Å². The van der Waals surface area contributed by atoms with Crippen LogP contribution in [-0.4, -0.2) is 4.98 Å². The lowest BCUT2D eigenvalue weighted by molar-refractivity contribution is 1.31. The Kier molecular flexibility index (Phi) is 2.63. The minimum atomic E-state index is 0.386. The van der Waals surface area contributed by atoms with Gasteiger partial charge in [-0.1, -0.05) is 6.07 Å². The summed E-state index contributed by atoms with van der Waals surface area (Å²) in [6.45, 7) is 0. The molecule has 73 valence electrons. The van der Waals surface area contributed by atoms with Crippen molar-refractivity contribution in [3.63, 3.8) is 0 Å². The molecule has 0 spiro atoms. The van der Waals surface area contributed by atoms with Crippen molar-refractivity contribution in [1.29, 1.82) is 10.5 Å². The van der Waals surface area contributed by atoms with Crippen molar-refractivity contribution < 1.29 is 0 Å². The second kappa shape index (κ2) is 4.25. The second-order valence-corrected chi connectivity index (χ2v) is 3.16. The van der Waals surface area contributed by atoms with Crippen LogP contribution < -0.4 is 0 Å². The summed E-state index contributed by atoms with van der Waals surface area (Å²) in [6.07, 6.45) is 4.37. The zero-order valence-electron chi connectivity index (χ0n) is 8.31. The van der Waals surface area contributed by atoms with Crippen LogP contribution in [-0.2, 0) is 0 Å². The summed E-state index contributed by atoms with van der Waals surface area (Å²) in [6, 6.07) is 12.7. The maximum Gasteiger partial charge on any atom is 0.101 e. The minimum absolute atomic E-state index is 0.386. The number of nitriles is 2. The largest absolute Gasteiger partial charge is 0.255 e. The molecule has 0 N–H and O–H groups in total. The highest BCUT2D eigenvalue weighted by Crippen LogP contribution is 2.21. The fraction of sp³-hybridized carbons (Fsp3) is 0. The molecule has 1 aromatic heterocycles. The number of nitrogens with zero attached hydrogens (tertiary/aromatic N) is 3. The first-order valence-corrected chi connectivity index (χ1v) is 4.62. The van der Waals surface area contributed by atoms with Crippen molar-refractivity contribution in [3.05, 3.63) is 53.9 Å². The van der Waals surface area contributed by atoms with Gasteiger partial charge in [-0.05, 0) is 35.4 Å². The molecule has 0 unspecified atom stereocenters. The Morgan fingerprint density at radius 1 is 1.00 bits per heavy atom. The van der Waals surface area contributed by atoms with Gasteiger partial charge in [0.05, 0.1) is 17.3 Å². The number of benzene rings is 1. The number of pyridine rings is 1. The van der Waals surface area contributed by atoms with Crippen LogP contribution in [0, 0.1) is 28.9 Å². The van der Waals surface area contributed by atoms with Crippen LogP contribution in [0.25, 0.3) is 11.1 Å². The second-order valence-electron chi connectivity index (χ2n) is 3.16. The Labute approximate surface area is 93.2 Å². The minimum Gasteiger partial charge on any atom is -0.255 e. The molecule has 3 heteroatoms. The van der Waals surface area contributed by atoms with Crippen LogP contribution in [0.15, 0.2) is 36.5 Å². The molecule has 0 aliphatic carbocycles. The zero-order valence-corrected chi connectivity index (χ0v) is 8.31. The number of rotatable bonds is 1. The number of aromatic nitrogens is 1. The van der Waals surface area contributed by atoms with Gasteiger partial charge in [-0.25, -0.2) is 0 Å². The van der Waals surface area contributed by atoms with E-state index in [1.807, 2.05) is 24.3 Å². The van der Waals surface area contributed by atoms with E-state index in [1.54, 1.807) is 24.4 Å². The lowest BCUT2D eigenvalue weighted by atomic mass is 10.0.